The van der Waals surface area contributed by atoms with E-state index in [9.17, 15) is 10.4 Å². The molecular formula is C15H18N2O. The van der Waals surface area contributed by atoms with Crippen molar-refractivity contribution in [3.63, 3.8) is 0 Å². The topological polar surface area (TPSA) is 56.9 Å². The Kier molecular flexibility index (Phi) is 2.64. The van der Waals surface area contributed by atoms with Crippen LogP contribution in [0, 0.1) is 35.5 Å². The van der Waals surface area contributed by atoms with Gasteiger partial charge in [-0.1, -0.05) is 12.5 Å². The Morgan fingerprint density at radius 1 is 1.50 bits per heavy atom. The Labute approximate surface area is 107 Å². The highest BCUT2D eigenvalue weighted by atomic mass is 16.3. The van der Waals surface area contributed by atoms with E-state index < -0.39 is 11.5 Å². The van der Waals surface area contributed by atoms with Gasteiger partial charge < -0.3 is 5.11 Å². The maximum absolute atomic E-state index is 10.6. The Bertz CT molecular complexity index is 490. The van der Waals surface area contributed by atoms with E-state index in [0.717, 1.165) is 24.8 Å². The highest BCUT2D eigenvalue weighted by Crippen LogP contribution is 2.60. The molecule has 2 saturated carbocycles. The molecule has 0 amide bonds. The van der Waals surface area contributed by atoms with Crippen LogP contribution in [0.1, 0.15) is 43.0 Å². The van der Waals surface area contributed by atoms with E-state index in [0.29, 0.717) is 17.5 Å². The number of aryl methyl sites for hydroxylation is 1. The van der Waals surface area contributed by atoms with Crippen molar-refractivity contribution in [1.29, 1.82) is 5.26 Å². The van der Waals surface area contributed by atoms with Crippen LogP contribution in [0.15, 0.2) is 18.3 Å². The van der Waals surface area contributed by atoms with Gasteiger partial charge in [0.25, 0.3) is 0 Å². The van der Waals surface area contributed by atoms with Crippen LogP contribution in [0.3, 0.4) is 0 Å². The van der Waals surface area contributed by atoms with Crippen LogP contribution in [0.4, 0.5) is 0 Å². The first-order valence-corrected chi connectivity index (χ1v) is 6.67. The van der Waals surface area contributed by atoms with Gasteiger partial charge >= 0.3 is 0 Å². The second-order valence-corrected chi connectivity index (χ2v) is 5.90. The van der Waals surface area contributed by atoms with E-state index in [4.69, 9.17) is 0 Å². The van der Waals surface area contributed by atoms with Gasteiger partial charge in [-0.15, -0.1) is 0 Å². The highest BCUT2D eigenvalue weighted by molar-refractivity contribution is 5.23. The molecule has 3 rings (SSSR count). The Morgan fingerprint density at radius 3 is 2.83 bits per heavy atom. The van der Waals surface area contributed by atoms with Gasteiger partial charge in [0.05, 0.1) is 17.2 Å². The Hall–Kier alpha value is -1.40. The third-order valence-corrected chi connectivity index (χ3v) is 4.81. The van der Waals surface area contributed by atoms with E-state index >= 15 is 0 Å². The molecule has 0 radical (unpaired) electrons. The molecule has 3 nitrogen and oxygen atoms in total. The van der Waals surface area contributed by atoms with Crippen molar-refractivity contribution in [1.82, 2.24) is 4.98 Å². The lowest BCUT2D eigenvalue weighted by atomic mass is 9.69. The molecule has 2 aliphatic rings. The van der Waals surface area contributed by atoms with Gasteiger partial charge in [-0.2, -0.15) is 5.26 Å². The lowest BCUT2D eigenvalue weighted by Gasteiger charge is -2.35. The lowest BCUT2D eigenvalue weighted by molar-refractivity contribution is 0.0202. The van der Waals surface area contributed by atoms with Gasteiger partial charge in [0.1, 0.15) is 6.10 Å². The number of fused-ring (bicyclic) bond motifs is 2. The number of nitriles is 1. The van der Waals surface area contributed by atoms with Crippen LogP contribution < -0.4 is 0 Å². The van der Waals surface area contributed by atoms with Gasteiger partial charge in [0.15, 0.2) is 0 Å². The van der Waals surface area contributed by atoms with Crippen LogP contribution >= 0.6 is 0 Å². The van der Waals surface area contributed by atoms with Crippen LogP contribution in [0.5, 0.6) is 0 Å². The maximum atomic E-state index is 10.6. The Morgan fingerprint density at radius 2 is 2.33 bits per heavy atom. The van der Waals surface area contributed by atoms with Crippen LogP contribution in [0.2, 0.25) is 0 Å². The summed E-state index contributed by atoms with van der Waals surface area (Å²) < 4.78 is 0. The monoisotopic (exact) mass is 242 g/mol. The molecule has 0 saturated heterocycles. The number of hydrogen-bond donors (Lipinski definition) is 1. The molecule has 2 aliphatic carbocycles. The zero-order valence-electron chi connectivity index (χ0n) is 10.6. The van der Waals surface area contributed by atoms with Crippen molar-refractivity contribution in [2.45, 2.75) is 38.7 Å². The number of pyridine rings is 1. The molecule has 4 unspecified atom stereocenters. The van der Waals surface area contributed by atoms with E-state index in [1.165, 1.54) is 6.42 Å². The quantitative estimate of drug-likeness (QED) is 0.867. The van der Waals surface area contributed by atoms with Crippen molar-refractivity contribution in [2.24, 2.45) is 17.3 Å². The summed E-state index contributed by atoms with van der Waals surface area (Å²) in [4.78, 5) is 4.30. The van der Waals surface area contributed by atoms with E-state index in [-0.39, 0.29) is 0 Å². The summed E-state index contributed by atoms with van der Waals surface area (Å²) >= 11 is 0. The second kappa shape index (κ2) is 4.07. The first kappa shape index (κ1) is 11.7. The largest absolute Gasteiger partial charge is 0.385 e. The standard InChI is InChI=1S/C15H18N2O/c1-10-2-5-13(17-8-10)14(18)15(9-16)7-11-3-4-12(15)6-11/h2,5,8,11-12,14,18H,3-4,6-7H2,1H3. The summed E-state index contributed by atoms with van der Waals surface area (Å²) in [5.41, 5.74) is 1.13. The Balaban J connectivity index is 1.93. The molecule has 2 bridgehead atoms. The fourth-order valence-corrected chi connectivity index (χ4v) is 3.81. The molecular weight excluding hydrogens is 224 g/mol. The third-order valence-electron chi connectivity index (χ3n) is 4.81. The minimum atomic E-state index is -0.738. The molecule has 94 valence electrons. The number of hydrogen-bond acceptors (Lipinski definition) is 3. The number of nitrogens with zero attached hydrogens (tertiary/aromatic N) is 2. The van der Waals surface area contributed by atoms with Gasteiger partial charge in [-0.3, -0.25) is 4.98 Å². The van der Waals surface area contributed by atoms with Gasteiger partial charge in [0, 0.05) is 6.20 Å². The minimum Gasteiger partial charge on any atom is -0.385 e. The number of aromatic nitrogens is 1. The first-order chi connectivity index (χ1) is 8.65. The van der Waals surface area contributed by atoms with E-state index in [2.05, 4.69) is 11.1 Å². The SMILES string of the molecule is Cc1ccc(C(O)C2(C#N)CC3CCC2C3)nc1. The summed E-state index contributed by atoms with van der Waals surface area (Å²) in [6, 6.07) is 6.23. The predicted molar refractivity (Wildman–Crippen MR) is 67.4 cm³/mol. The lowest BCUT2D eigenvalue weighted by Crippen LogP contribution is -2.33. The summed E-state index contributed by atoms with van der Waals surface area (Å²) in [6.07, 6.45) is 5.28. The highest BCUT2D eigenvalue weighted by Gasteiger charge is 2.56. The van der Waals surface area contributed by atoms with Crippen LogP contribution in [-0.4, -0.2) is 10.1 Å². The molecule has 4 atom stereocenters. The maximum Gasteiger partial charge on any atom is 0.115 e. The minimum absolute atomic E-state index is 0.352. The molecule has 1 aromatic rings. The zero-order chi connectivity index (χ0) is 12.8. The van der Waals surface area contributed by atoms with E-state index in [1.54, 1.807) is 6.20 Å². The van der Waals surface area contributed by atoms with Crippen molar-refractivity contribution in [3.8, 4) is 6.07 Å². The normalized spacial score (nSPS) is 35.4. The summed E-state index contributed by atoms with van der Waals surface area (Å²) in [6.45, 7) is 1.97. The molecule has 1 aromatic heterocycles. The third kappa shape index (κ3) is 1.56. The van der Waals surface area contributed by atoms with Crippen molar-refractivity contribution in [2.75, 3.05) is 0 Å². The average Bonchev–Trinajstić information content (AvgIpc) is 2.99. The molecule has 0 aliphatic heterocycles. The van der Waals surface area contributed by atoms with Gasteiger partial charge in [-0.25, -0.2) is 0 Å². The fraction of sp³-hybridized carbons (Fsp3) is 0.600. The second-order valence-electron chi connectivity index (χ2n) is 5.90. The number of aliphatic hydroxyl groups excluding tert-OH is 1. The molecule has 2 fully saturated rings. The van der Waals surface area contributed by atoms with Crippen LogP contribution in [-0.2, 0) is 0 Å². The van der Waals surface area contributed by atoms with Crippen molar-refractivity contribution >= 4 is 0 Å². The number of rotatable bonds is 2. The van der Waals surface area contributed by atoms with Gasteiger partial charge in [-0.05, 0) is 49.7 Å². The summed E-state index contributed by atoms with van der Waals surface area (Å²) in [5.74, 6) is 0.986. The molecule has 3 heteroatoms. The predicted octanol–water partition coefficient (Wildman–Crippen LogP) is 2.75. The van der Waals surface area contributed by atoms with Crippen molar-refractivity contribution in [3.05, 3.63) is 29.6 Å². The summed E-state index contributed by atoms with van der Waals surface area (Å²) in [5, 5.41) is 20.2. The number of aliphatic hydroxyl groups is 1. The average molecular weight is 242 g/mol. The van der Waals surface area contributed by atoms with Gasteiger partial charge in [0.2, 0.25) is 0 Å². The summed E-state index contributed by atoms with van der Waals surface area (Å²) in [7, 11) is 0. The molecule has 1 N–H and O–H groups in total. The molecule has 18 heavy (non-hydrogen) atoms. The van der Waals surface area contributed by atoms with Crippen molar-refractivity contribution < 1.29 is 5.11 Å². The molecule has 1 heterocycles. The fourth-order valence-electron chi connectivity index (χ4n) is 3.81. The smallest absolute Gasteiger partial charge is 0.115 e. The van der Waals surface area contributed by atoms with Crippen LogP contribution in [0.25, 0.3) is 0 Å². The molecule has 0 spiro atoms. The first-order valence-electron chi connectivity index (χ1n) is 6.67. The molecule has 0 aromatic carbocycles. The zero-order valence-corrected chi connectivity index (χ0v) is 10.6. The van der Waals surface area contributed by atoms with E-state index in [1.807, 2.05) is 19.1 Å².